The van der Waals surface area contributed by atoms with Crippen LogP contribution in [0.3, 0.4) is 0 Å². The van der Waals surface area contributed by atoms with Gasteiger partial charge in [-0.3, -0.25) is 0 Å². The fourth-order valence-electron chi connectivity index (χ4n) is 10.6. The highest BCUT2D eigenvalue weighted by Gasteiger charge is 2.24. The van der Waals surface area contributed by atoms with Crippen molar-refractivity contribution in [2.75, 3.05) is 0 Å². The normalized spacial score (nSPS) is 12.1. The summed E-state index contributed by atoms with van der Waals surface area (Å²) >= 11 is 1.81. The van der Waals surface area contributed by atoms with Gasteiger partial charge in [0, 0.05) is 80.9 Å². The van der Waals surface area contributed by atoms with Gasteiger partial charge in [-0.2, -0.15) is 0 Å². The molecule has 316 valence electrons. The predicted molar refractivity (Wildman–Crippen MR) is 282 cm³/mol. The van der Waals surface area contributed by atoms with E-state index in [2.05, 4.69) is 209 Å². The Morgan fingerprint density at radius 1 is 0.338 bits per heavy atom. The molecule has 5 aromatic heterocycles. The zero-order valence-electron chi connectivity index (χ0n) is 36.3. The van der Waals surface area contributed by atoms with Crippen LogP contribution in [0.1, 0.15) is 0 Å². The number of para-hydroxylation sites is 4. The van der Waals surface area contributed by atoms with Crippen molar-refractivity contribution in [3.8, 4) is 45.5 Å². The van der Waals surface area contributed by atoms with Crippen molar-refractivity contribution in [2.45, 2.75) is 0 Å². The molecule has 0 N–H and O–H groups in total. The van der Waals surface area contributed by atoms with Gasteiger partial charge in [0.1, 0.15) is 11.2 Å². The van der Waals surface area contributed by atoms with E-state index in [1.54, 1.807) is 11.3 Å². The first-order valence-corrected chi connectivity index (χ1v) is 23.6. The minimum Gasteiger partial charge on any atom is -0.456 e. The number of benzene rings is 10. The van der Waals surface area contributed by atoms with Crippen LogP contribution in [0.2, 0.25) is 0 Å². The molecule has 10 aromatic carbocycles. The summed E-state index contributed by atoms with van der Waals surface area (Å²) in [4.78, 5) is 16.5. The predicted octanol–water partition coefficient (Wildman–Crippen LogP) is 16.5. The summed E-state index contributed by atoms with van der Waals surface area (Å²) in [5.41, 5.74) is 10.7. The van der Waals surface area contributed by atoms with E-state index in [-0.39, 0.29) is 0 Å². The molecule has 5 heterocycles. The van der Waals surface area contributed by atoms with Crippen molar-refractivity contribution >= 4 is 108 Å². The van der Waals surface area contributed by atoms with Crippen LogP contribution in [-0.4, -0.2) is 24.1 Å². The van der Waals surface area contributed by atoms with Gasteiger partial charge in [0.05, 0.1) is 27.8 Å². The molecular weight excluding hydrogens is 851 g/mol. The topological polar surface area (TPSA) is 61.7 Å². The summed E-state index contributed by atoms with van der Waals surface area (Å²) in [6.45, 7) is 0. The van der Waals surface area contributed by atoms with Crippen molar-refractivity contribution in [1.82, 2.24) is 24.1 Å². The lowest BCUT2D eigenvalue weighted by Gasteiger charge is -2.15. The van der Waals surface area contributed by atoms with Crippen LogP contribution in [0.5, 0.6) is 0 Å². The summed E-state index contributed by atoms with van der Waals surface area (Å²) < 4.78 is 13.9. The molecule has 0 radical (unpaired) electrons. The Bertz CT molecular complexity index is 4580. The Labute approximate surface area is 392 Å². The van der Waals surface area contributed by atoms with Crippen LogP contribution in [0.15, 0.2) is 217 Å². The largest absolute Gasteiger partial charge is 0.456 e. The van der Waals surface area contributed by atoms with Gasteiger partial charge < -0.3 is 13.6 Å². The van der Waals surface area contributed by atoms with E-state index in [9.17, 15) is 0 Å². The fourth-order valence-corrected chi connectivity index (χ4v) is 11.7. The lowest BCUT2D eigenvalue weighted by Crippen LogP contribution is -2.04. The monoisotopic (exact) mass is 885 g/mol. The highest BCUT2D eigenvalue weighted by atomic mass is 32.1. The third kappa shape index (κ3) is 5.54. The van der Waals surface area contributed by atoms with E-state index < -0.39 is 0 Å². The Morgan fingerprint density at radius 3 is 1.75 bits per heavy atom. The standard InChI is InChI=1S/C61H35N5OS/c1-2-16-40(17-3-1)65-50-22-10-6-18-41(50)43-28-26-39(33-52(43)65)60-62-59(38-27-29-58-48(31-38)45-21-9-13-25-57(45)68-58)63-61(64-60)49-34-47-44-20-8-12-24-55(44)67-56(47)35-54(49)66-51-23-11-7-19-42(51)46-30-36-14-4-5-15-37(36)32-53(46)66/h1-35H. The van der Waals surface area contributed by atoms with Crippen LogP contribution >= 0.6 is 11.3 Å². The Hall–Kier alpha value is -8.91. The minimum atomic E-state index is 0.567. The van der Waals surface area contributed by atoms with Gasteiger partial charge in [-0.25, -0.2) is 15.0 Å². The van der Waals surface area contributed by atoms with E-state index >= 15 is 0 Å². The summed E-state index contributed by atoms with van der Waals surface area (Å²) in [5.74, 6) is 1.75. The number of hydrogen-bond donors (Lipinski definition) is 0. The van der Waals surface area contributed by atoms with Gasteiger partial charge >= 0.3 is 0 Å². The smallest absolute Gasteiger partial charge is 0.166 e. The lowest BCUT2D eigenvalue weighted by molar-refractivity contribution is 0.668. The second-order valence-corrected chi connectivity index (χ2v) is 18.7. The molecule has 0 atom stereocenters. The zero-order chi connectivity index (χ0) is 44.5. The summed E-state index contributed by atoms with van der Waals surface area (Å²) in [7, 11) is 0. The maximum Gasteiger partial charge on any atom is 0.166 e. The van der Waals surface area contributed by atoms with Crippen LogP contribution in [-0.2, 0) is 0 Å². The van der Waals surface area contributed by atoms with Crippen molar-refractivity contribution in [2.24, 2.45) is 0 Å². The van der Waals surface area contributed by atoms with E-state index in [1.165, 1.54) is 47.1 Å². The number of nitrogens with zero attached hydrogens (tertiary/aromatic N) is 5. The molecule has 0 saturated carbocycles. The Balaban J connectivity index is 1.05. The minimum absolute atomic E-state index is 0.567. The second kappa shape index (κ2) is 14.3. The van der Waals surface area contributed by atoms with Crippen molar-refractivity contribution in [3.63, 3.8) is 0 Å². The first kappa shape index (κ1) is 37.3. The van der Waals surface area contributed by atoms with Gasteiger partial charge in [-0.15, -0.1) is 11.3 Å². The summed E-state index contributed by atoms with van der Waals surface area (Å²) in [5, 5.41) is 11.5. The number of hydrogen-bond acceptors (Lipinski definition) is 5. The van der Waals surface area contributed by atoms with Crippen molar-refractivity contribution in [3.05, 3.63) is 212 Å². The molecule has 15 aromatic rings. The Morgan fingerprint density at radius 2 is 0.926 bits per heavy atom. The molecule has 0 spiro atoms. The molecule has 0 aliphatic carbocycles. The van der Waals surface area contributed by atoms with E-state index in [0.29, 0.717) is 17.5 Å². The molecule has 0 unspecified atom stereocenters. The number of rotatable bonds is 5. The van der Waals surface area contributed by atoms with E-state index in [0.717, 1.165) is 77.5 Å². The molecule has 68 heavy (non-hydrogen) atoms. The SMILES string of the molecule is c1ccc(-n2c3ccccc3c3ccc(-c4nc(-c5ccc6sc7ccccc7c6c5)nc(-c5cc6c(cc5-n5c7ccccc7c7cc8ccccc8cc75)oc5ccccc56)n4)cc32)cc1. The Kier molecular flexibility index (Phi) is 7.85. The highest BCUT2D eigenvalue weighted by molar-refractivity contribution is 7.25. The molecule has 0 bridgehead atoms. The van der Waals surface area contributed by atoms with E-state index in [1.807, 2.05) is 12.1 Å². The molecule has 0 aliphatic heterocycles. The third-order valence-corrected chi connectivity index (χ3v) is 14.9. The number of fused-ring (bicyclic) bond motifs is 13. The number of aromatic nitrogens is 5. The molecule has 6 nitrogen and oxygen atoms in total. The maximum absolute atomic E-state index is 6.68. The van der Waals surface area contributed by atoms with Crippen LogP contribution in [0.4, 0.5) is 0 Å². The molecule has 0 amide bonds. The molecule has 0 fully saturated rings. The molecule has 0 aliphatic rings. The average molecular weight is 886 g/mol. The van der Waals surface area contributed by atoms with Gasteiger partial charge in [0.25, 0.3) is 0 Å². The number of furan rings is 1. The first-order valence-electron chi connectivity index (χ1n) is 22.8. The maximum atomic E-state index is 6.68. The molecule has 7 heteroatoms. The second-order valence-electron chi connectivity index (χ2n) is 17.6. The fraction of sp³-hybridized carbons (Fsp3) is 0. The third-order valence-electron chi connectivity index (χ3n) is 13.7. The highest BCUT2D eigenvalue weighted by Crippen LogP contribution is 2.43. The zero-order valence-corrected chi connectivity index (χ0v) is 37.1. The molecule has 15 rings (SSSR count). The molecule has 0 saturated heterocycles. The van der Waals surface area contributed by atoms with Crippen LogP contribution < -0.4 is 0 Å². The number of thiophene rings is 1. The van der Waals surface area contributed by atoms with Crippen molar-refractivity contribution < 1.29 is 4.42 Å². The summed E-state index contributed by atoms with van der Waals surface area (Å²) in [6, 6.07) is 75.6. The van der Waals surface area contributed by atoms with E-state index in [4.69, 9.17) is 19.4 Å². The van der Waals surface area contributed by atoms with Gasteiger partial charge in [-0.05, 0) is 89.6 Å². The first-order chi connectivity index (χ1) is 33.7. The van der Waals surface area contributed by atoms with Gasteiger partial charge in [-0.1, -0.05) is 127 Å². The van der Waals surface area contributed by atoms with Crippen LogP contribution in [0, 0.1) is 0 Å². The van der Waals surface area contributed by atoms with Gasteiger partial charge in [0.15, 0.2) is 17.5 Å². The average Bonchev–Trinajstić information content (AvgIpc) is 4.14. The molecular formula is C61H35N5OS. The summed E-state index contributed by atoms with van der Waals surface area (Å²) in [6.07, 6.45) is 0. The van der Waals surface area contributed by atoms with Gasteiger partial charge in [0.2, 0.25) is 0 Å². The van der Waals surface area contributed by atoms with Crippen molar-refractivity contribution in [1.29, 1.82) is 0 Å². The lowest BCUT2D eigenvalue weighted by atomic mass is 10.0. The quantitative estimate of drug-likeness (QED) is 0.173. The van der Waals surface area contributed by atoms with Crippen LogP contribution in [0.25, 0.3) is 142 Å².